The number of hydrogen-bond donors (Lipinski definition) is 2. The quantitative estimate of drug-likeness (QED) is 0.485. The van der Waals surface area contributed by atoms with Gasteiger partial charge in [-0.05, 0) is 37.1 Å². The minimum atomic E-state index is -0.165. The zero-order valence-electron chi connectivity index (χ0n) is 20.2. The van der Waals surface area contributed by atoms with Crippen LogP contribution in [0.5, 0.6) is 0 Å². The Morgan fingerprint density at radius 1 is 1.06 bits per heavy atom. The standard InChI is InChI=1S/C27H35N5O2/c1-3-31(4-2)23-12-10-22(11-13-23)19-30-15-14-25-24(20-30)26(29-32(25)16-17-33)27(34)28-18-21-8-6-5-7-9-21/h5-13,33H,3-4,14-20H2,1-2H3,(H,28,34). The number of anilines is 1. The van der Waals surface area contributed by atoms with Gasteiger partial charge in [0.05, 0.1) is 13.2 Å². The number of nitrogens with zero attached hydrogens (tertiary/aromatic N) is 4. The van der Waals surface area contributed by atoms with E-state index in [2.05, 4.69) is 58.3 Å². The smallest absolute Gasteiger partial charge is 0.272 e. The van der Waals surface area contributed by atoms with Gasteiger partial charge in [0.25, 0.3) is 5.91 Å². The third-order valence-electron chi connectivity index (χ3n) is 6.51. The number of aliphatic hydroxyl groups is 1. The molecule has 0 radical (unpaired) electrons. The van der Waals surface area contributed by atoms with Crippen LogP contribution in [0.15, 0.2) is 54.6 Å². The van der Waals surface area contributed by atoms with Crippen LogP contribution in [0.2, 0.25) is 0 Å². The maximum Gasteiger partial charge on any atom is 0.272 e. The highest BCUT2D eigenvalue weighted by Gasteiger charge is 2.28. The fourth-order valence-electron chi connectivity index (χ4n) is 4.66. The van der Waals surface area contributed by atoms with Crippen molar-refractivity contribution in [3.05, 3.63) is 82.7 Å². The molecule has 3 aromatic rings. The first kappa shape index (κ1) is 24.0. The van der Waals surface area contributed by atoms with E-state index in [-0.39, 0.29) is 12.5 Å². The first-order valence-corrected chi connectivity index (χ1v) is 12.2. The summed E-state index contributed by atoms with van der Waals surface area (Å²) >= 11 is 0. The molecule has 180 valence electrons. The minimum absolute atomic E-state index is 0.00178. The van der Waals surface area contributed by atoms with Crippen LogP contribution < -0.4 is 10.2 Å². The van der Waals surface area contributed by atoms with Crippen LogP contribution in [0.3, 0.4) is 0 Å². The second-order valence-corrected chi connectivity index (χ2v) is 8.69. The molecule has 0 spiro atoms. The Balaban J connectivity index is 1.47. The Morgan fingerprint density at radius 2 is 1.79 bits per heavy atom. The van der Waals surface area contributed by atoms with E-state index in [4.69, 9.17) is 0 Å². The molecule has 0 bridgehead atoms. The average Bonchev–Trinajstić information content (AvgIpc) is 3.23. The second kappa shape index (κ2) is 11.3. The molecule has 0 fully saturated rings. The molecule has 2 heterocycles. The van der Waals surface area contributed by atoms with Crippen molar-refractivity contribution in [1.82, 2.24) is 20.0 Å². The molecule has 7 nitrogen and oxygen atoms in total. The van der Waals surface area contributed by atoms with Gasteiger partial charge in [-0.2, -0.15) is 5.10 Å². The van der Waals surface area contributed by atoms with E-state index in [0.29, 0.717) is 25.3 Å². The lowest BCUT2D eigenvalue weighted by molar-refractivity contribution is 0.0942. The SMILES string of the molecule is CCN(CC)c1ccc(CN2CCc3c(c(C(=O)NCc4ccccc4)nn3CCO)C2)cc1. The van der Waals surface area contributed by atoms with Crippen LogP contribution in [0.1, 0.15) is 46.7 Å². The van der Waals surface area contributed by atoms with Gasteiger partial charge in [0.1, 0.15) is 0 Å². The molecule has 0 aliphatic carbocycles. The van der Waals surface area contributed by atoms with Crippen LogP contribution in [-0.2, 0) is 32.6 Å². The van der Waals surface area contributed by atoms with Crippen molar-refractivity contribution in [2.24, 2.45) is 0 Å². The summed E-state index contributed by atoms with van der Waals surface area (Å²) < 4.78 is 1.81. The zero-order chi connectivity index (χ0) is 23.9. The summed E-state index contributed by atoms with van der Waals surface area (Å²) in [4.78, 5) is 17.8. The van der Waals surface area contributed by atoms with Gasteiger partial charge in [-0.1, -0.05) is 42.5 Å². The first-order valence-electron chi connectivity index (χ1n) is 12.2. The lowest BCUT2D eigenvalue weighted by Crippen LogP contribution is -2.32. The summed E-state index contributed by atoms with van der Waals surface area (Å²) in [5.41, 5.74) is 6.07. The Bertz CT molecular complexity index is 1070. The molecule has 1 aliphatic rings. The molecule has 1 aromatic heterocycles. The molecule has 1 amide bonds. The van der Waals surface area contributed by atoms with E-state index in [9.17, 15) is 9.90 Å². The summed E-state index contributed by atoms with van der Waals surface area (Å²) in [7, 11) is 0. The van der Waals surface area contributed by atoms with E-state index in [1.807, 2.05) is 35.0 Å². The summed E-state index contributed by atoms with van der Waals surface area (Å²) in [6.07, 6.45) is 0.811. The molecule has 0 saturated carbocycles. The number of carbonyl (C=O) groups is 1. The average molecular weight is 462 g/mol. The fourth-order valence-corrected chi connectivity index (χ4v) is 4.66. The van der Waals surface area contributed by atoms with E-state index in [1.54, 1.807) is 0 Å². The van der Waals surface area contributed by atoms with Crippen molar-refractivity contribution in [3.63, 3.8) is 0 Å². The van der Waals surface area contributed by atoms with Gasteiger partial charge in [-0.25, -0.2) is 0 Å². The highest BCUT2D eigenvalue weighted by atomic mass is 16.3. The predicted molar refractivity (Wildman–Crippen MR) is 135 cm³/mol. The topological polar surface area (TPSA) is 73.6 Å². The number of hydrogen-bond acceptors (Lipinski definition) is 5. The summed E-state index contributed by atoms with van der Waals surface area (Å²) in [6, 6.07) is 18.7. The van der Waals surface area contributed by atoms with Crippen LogP contribution >= 0.6 is 0 Å². The van der Waals surface area contributed by atoms with Crippen molar-refractivity contribution in [2.45, 2.75) is 46.4 Å². The number of nitrogens with one attached hydrogen (secondary N) is 1. The third-order valence-corrected chi connectivity index (χ3v) is 6.51. The largest absolute Gasteiger partial charge is 0.394 e. The summed E-state index contributed by atoms with van der Waals surface area (Å²) in [5.74, 6) is -0.165. The number of benzene rings is 2. The minimum Gasteiger partial charge on any atom is -0.394 e. The van der Waals surface area contributed by atoms with Gasteiger partial charge in [0.2, 0.25) is 0 Å². The highest BCUT2D eigenvalue weighted by Crippen LogP contribution is 2.25. The van der Waals surface area contributed by atoms with Crippen molar-refractivity contribution in [3.8, 4) is 0 Å². The first-order chi connectivity index (χ1) is 16.6. The highest BCUT2D eigenvalue weighted by molar-refractivity contribution is 5.94. The van der Waals surface area contributed by atoms with Crippen molar-refractivity contribution in [1.29, 1.82) is 0 Å². The van der Waals surface area contributed by atoms with Crippen LogP contribution in [0, 0.1) is 0 Å². The lowest BCUT2D eigenvalue weighted by atomic mass is 10.0. The molecule has 0 unspecified atom stereocenters. The van der Waals surface area contributed by atoms with Crippen molar-refractivity contribution in [2.75, 3.05) is 31.1 Å². The molecule has 4 rings (SSSR count). The van der Waals surface area contributed by atoms with Gasteiger partial charge in [-0.3, -0.25) is 14.4 Å². The Hall–Kier alpha value is -3.16. The Labute approximate surface area is 202 Å². The third kappa shape index (κ3) is 5.48. The number of rotatable bonds is 10. The molecule has 2 aromatic carbocycles. The normalized spacial score (nSPS) is 13.5. The van der Waals surface area contributed by atoms with E-state index in [1.165, 1.54) is 11.3 Å². The van der Waals surface area contributed by atoms with Gasteiger partial charge in [0, 0.05) is 62.6 Å². The van der Waals surface area contributed by atoms with Gasteiger partial charge >= 0.3 is 0 Å². The van der Waals surface area contributed by atoms with Crippen LogP contribution in [0.4, 0.5) is 5.69 Å². The van der Waals surface area contributed by atoms with Crippen molar-refractivity contribution >= 4 is 11.6 Å². The molecule has 2 N–H and O–H groups in total. The molecule has 1 aliphatic heterocycles. The van der Waals surface area contributed by atoms with Gasteiger partial charge < -0.3 is 15.3 Å². The van der Waals surface area contributed by atoms with E-state index in [0.717, 1.165) is 49.4 Å². The van der Waals surface area contributed by atoms with Crippen molar-refractivity contribution < 1.29 is 9.90 Å². The maximum absolute atomic E-state index is 13.1. The van der Waals surface area contributed by atoms with Crippen LogP contribution in [0.25, 0.3) is 0 Å². The molecule has 0 atom stereocenters. The number of aliphatic hydroxyl groups excluding tert-OH is 1. The molecule has 0 saturated heterocycles. The summed E-state index contributed by atoms with van der Waals surface area (Å²) in [6.45, 7) is 9.61. The van der Waals surface area contributed by atoms with E-state index >= 15 is 0 Å². The maximum atomic E-state index is 13.1. The lowest BCUT2D eigenvalue weighted by Gasteiger charge is -2.28. The molecule has 34 heavy (non-hydrogen) atoms. The van der Waals surface area contributed by atoms with Gasteiger partial charge in [0.15, 0.2) is 5.69 Å². The second-order valence-electron chi connectivity index (χ2n) is 8.69. The number of fused-ring (bicyclic) bond motifs is 1. The van der Waals surface area contributed by atoms with Crippen LogP contribution in [-0.4, -0.2) is 51.9 Å². The summed E-state index contributed by atoms with van der Waals surface area (Å²) in [5, 5.41) is 17.1. The molecule has 7 heteroatoms. The monoisotopic (exact) mass is 461 g/mol. The molecular weight excluding hydrogens is 426 g/mol. The number of amides is 1. The molecular formula is C27H35N5O2. The Morgan fingerprint density at radius 3 is 2.47 bits per heavy atom. The van der Waals surface area contributed by atoms with E-state index < -0.39 is 0 Å². The van der Waals surface area contributed by atoms with Gasteiger partial charge in [-0.15, -0.1) is 0 Å². The fraction of sp³-hybridized carbons (Fsp3) is 0.407. The Kier molecular flexibility index (Phi) is 7.98. The zero-order valence-corrected chi connectivity index (χ0v) is 20.2. The number of aromatic nitrogens is 2. The predicted octanol–water partition coefficient (Wildman–Crippen LogP) is 3.21. The number of carbonyl (C=O) groups excluding carboxylic acids is 1.